The maximum Gasteiger partial charge on any atom is 0.142 e. The molecule has 0 radical (unpaired) electrons. The van der Waals surface area contributed by atoms with E-state index < -0.39 is 0 Å². The van der Waals surface area contributed by atoms with Crippen molar-refractivity contribution in [1.82, 2.24) is 4.98 Å². The van der Waals surface area contributed by atoms with Crippen LogP contribution >= 0.6 is 0 Å². The van der Waals surface area contributed by atoms with Gasteiger partial charge >= 0.3 is 0 Å². The summed E-state index contributed by atoms with van der Waals surface area (Å²) in [5.41, 5.74) is 9.75. The summed E-state index contributed by atoms with van der Waals surface area (Å²) < 4.78 is 5.18. The monoisotopic (exact) mass is 301 g/mol. The zero-order valence-corrected chi connectivity index (χ0v) is 12.7. The molecule has 3 aromatic rings. The SMILES string of the molecule is COc1ccc(-c2cc(-c3ccccc3)nc(N)c2C#N)cc1. The topological polar surface area (TPSA) is 71.9 Å². The van der Waals surface area contributed by atoms with Crippen LogP contribution in [0.5, 0.6) is 5.75 Å². The van der Waals surface area contributed by atoms with Gasteiger partial charge < -0.3 is 10.5 Å². The number of nitrogens with zero attached hydrogens (tertiary/aromatic N) is 2. The first-order chi connectivity index (χ1) is 11.2. The third kappa shape index (κ3) is 2.85. The molecule has 0 amide bonds. The van der Waals surface area contributed by atoms with E-state index in [0.717, 1.165) is 28.1 Å². The number of pyridine rings is 1. The fourth-order valence-electron chi connectivity index (χ4n) is 2.44. The van der Waals surface area contributed by atoms with E-state index in [1.54, 1.807) is 7.11 Å². The molecule has 0 aliphatic rings. The largest absolute Gasteiger partial charge is 0.497 e. The fourth-order valence-corrected chi connectivity index (χ4v) is 2.44. The zero-order valence-electron chi connectivity index (χ0n) is 12.7. The van der Waals surface area contributed by atoms with E-state index in [4.69, 9.17) is 10.5 Å². The van der Waals surface area contributed by atoms with E-state index in [-0.39, 0.29) is 5.82 Å². The lowest BCUT2D eigenvalue weighted by Crippen LogP contribution is -1.99. The molecule has 2 N–H and O–H groups in total. The first-order valence-electron chi connectivity index (χ1n) is 7.13. The molecule has 0 unspecified atom stereocenters. The second kappa shape index (κ2) is 6.20. The molecule has 2 aromatic carbocycles. The van der Waals surface area contributed by atoms with Crippen LogP contribution in [0.1, 0.15) is 5.56 Å². The number of benzene rings is 2. The quantitative estimate of drug-likeness (QED) is 0.797. The highest BCUT2D eigenvalue weighted by Gasteiger charge is 2.13. The first-order valence-corrected chi connectivity index (χ1v) is 7.13. The van der Waals surface area contributed by atoms with E-state index in [2.05, 4.69) is 11.1 Å². The van der Waals surface area contributed by atoms with Gasteiger partial charge in [0.15, 0.2) is 0 Å². The van der Waals surface area contributed by atoms with Crippen molar-refractivity contribution in [2.45, 2.75) is 0 Å². The molecule has 112 valence electrons. The maximum atomic E-state index is 9.43. The summed E-state index contributed by atoms with van der Waals surface area (Å²) in [6.07, 6.45) is 0. The fraction of sp³-hybridized carbons (Fsp3) is 0.0526. The van der Waals surface area contributed by atoms with E-state index in [0.29, 0.717) is 5.56 Å². The van der Waals surface area contributed by atoms with Crippen molar-refractivity contribution in [3.8, 4) is 34.2 Å². The Labute approximate surface area is 134 Å². The molecule has 23 heavy (non-hydrogen) atoms. The highest BCUT2D eigenvalue weighted by atomic mass is 16.5. The van der Waals surface area contributed by atoms with Crippen LogP contribution in [-0.4, -0.2) is 12.1 Å². The van der Waals surface area contributed by atoms with Crippen molar-refractivity contribution in [3.05, 3.63) is 66.2 Å². The Balaban J connectivity index is 2.18. The third-order valence-electron chi connectivity index (χ3n) is 3.63. The summed E-state index contributed by atoms with van der Waals surface area (Å²) in [6, 6.07) is 21.3. The molecule has 0 atom stereocenters. The van der Waals surface area contributed by atoms with Crippen LogP contribution in [0, 0.1) is 11.3 Å². The number of aromatic nitrogens is 1. The number of hydrogen-bond acceptors (Lipinski definition) is 4. The minimum absolute atomic E-state index is 0.236. The summed E-state index contributed by atoms with van der Waals surface area (Å²) in [7, 11) is 1.62. The smallest absolute Gasteiger partial charge is 0.142 e. The van der Waals surface area contributed by atoms with Crippen LogP contribution in [0.15, 0.2) is 60.7 Å². The Kier molecular flexibility index (Phi) is 3.94. The van der Waals surface area contributed by atoms with E-state index in [9.17, 15) is 5.26 Å². The lowest BCUT2D eigenvalue weighted by molar-refractivity contribution is 0.415. The van der Waals surface area contributed by atoms with Gasteiger partial charge in [0, 0.05) is 11.1 Å². The summed E-state index contributed by atoms with van der Waals surface area (Å²) in [4.78, 5) is 4.36. The Morgan fingerprint density at radius 2 is 1.70 bits per heavy atom. The van der Waals surface area contributed by atoms with Gasteiger partial charge in [0.25, 0.3) is 0 Å². The number of nitrogen functional groups attached to an aromatic ring is 1. The summed E-state index contributed by atoms with van der Waals surface area (Å²) in [5, 5.41) is 9.43. The van der Waals surface area contributed by atoms with Crippen LogP contribution in [0.2, 0.25) is 0 Å². The molecule has 3 rings (SSSR count). The number of ether oxygens (including phenoxy) is 1. The average molecular weight is 301 g/mol. The predicted molar refractivity (Wildman–Crippen MR) is 90.8 cm³/mol. The first kappa shape index (κ1) is 14.6. The van der Waals surface area contributed by atoms with Crippen LogP contribution in [-0.2, 0) is 0 Å². The van der Waals surface area contributed by atoms with Crippen molar-refractivity contribution < 1.29 is 4.74 Å². The molecule has 0 fully saturated rings. The van der Waals surface area contributed by atoms with Crippen molar-refractivity contribution in [2.75, 3.05) is 12.8 Å². The normalized spacial score (nSPS) is 10.1. The molecule has 0 spiro atoms. The number of rotatable bonds is 3. The molecule has 0 saturated heterocycles. The Morgan fingerprint density at radius 3 is 2.30 bits per heavy atom. The Hall–Kier alpha value is -3.32. The van der Waals surface area contributed by atoms with E-state index in [1.807, 2.05) is 60.7 Å². The summed E-state index contributed by atoms with van der Waals surface area (Å²) >= 11 is 0. The van der Waals surface area contributed by atoms with Gasteiger partial charge in [-0.3, -0.25) is 0 Å². The van der Waals surface area contributed by atoms with Gasteiger partial charge in [-0.1, -0.05) is 42.5 Å². The number of methoxy groups -OCH3 is 1. The number of hydrogen-bond donors (Lipinski definition) is 1. The number of anilines is 1. The maximum absolute atomic E-state index is 9.43. The molecule has 1 heterocycles. The van der Waals surface area contributed by atoms with Crippen LogP contribution in [0.4, 0.5) is 5.82 Å². The molecule has 4 nitrogen and oxygen atoms in total. The highest BCUT2D eigenvalue weighted by molar-refractivity contribution is 5.80. The van der Waals surface area contributed by atoms with Crippen molar-refractivity contribution in [3.63, 3.8) is 0 Å². The van der Waals surface area contributed by atoms with Gasteiger partial charge in [-0.05, 0) is 23.8 Å². The number of nitriles is 1. The van der Waals surface area contributed by atoms with Gasteiger partial charge in [-0.15, -0.1) is 0 Å². The summed E-state index contributed by atoms with van der Waals surface area (Å²) in [5.74, 6) is 0.997. The van der Waals surface area contributed by atoms with Crippen LogP contribution in [0.3, 0.4) is 0 Å². The second-order valence-corrected chi connectivity index (χ2v) is 5.02. The Morgan fingerprint density at radius 1 is 1.00 bits per heavy atom. The molecule has 0 saturated carbocycles. The van der Waals surface area contributed by atoms with Crippen LogP contribution in [0.25, 0.3) is 22.4 Å². The minimum Gasteiger partial charge on any atom is -0.497 e. The minimum atomic E-state index is 0.236. The Bertz CT molecular complexity index is 866. The van der Waals surface area contributed by atoms with Crippen LogP contribution < -0.4 is 10.5 Å². The van der Waals surface area contributed by atoms with Gasteiger partial charge in [0.1, 0.15) is 23.2 Å². The molecule has 0 bridgehead atoms. The molecular weight excluding hydrogens is 286 g/mol. The zero-order chi connectivity index (χ0) is 16.2. The van der Waals surface area contributed by atoms with Gasteiger partial charge in [-0.2, -0.15) is 5.26 Å². The molecule has 4 heteroatoms. The molecule has 1 aromatic heterocycles. The van der Waals surface area contributed by atoms with Gasteiger partial charge in [0.05, 0.1) is 12.8 Å². The van der Waals surface area contributed by atoms with Crippen molar-refractivity contribution in [2.24, 2.45) is 0 Å². The van der Waals surface area contributed by atoms with Crippen molar-refractivity contribution >= 4 is 5.82 Å². The highest BCUT2D eigenvalue weighted by Crippen LogP contribution is 2.31. The number of nitrogens with two attached hydrogens (primary N) is 1. The predicted octanol–water partition coefficient (Wildman–Crippen LogP) is 3.88. The molecule has 0 aliphatic carbocycles. The molecule has 0 aliphatic heterocycles. The van der Waals surface area contributed by atoms with Gasteiger partial charge in [-0.25, -0.2) is 4.98 Å². The van der Waals surface area contributed by atoms with E-state index >= 15 is 0 Å². The summed E-state index contributed by atoms with van der Waals surface area (Å²) in [6.45, 7) is 0. The lowest BCUT2D eigenvalue weighted by atomic mass is 9.98. The van der Waals surface area contributed by atoms with E-state index in [1.165, 1.54) is 0 Å². The van der Waals surface area contributed by atoms with Gasteiger partial charge in [0.2, 0.25) is 0 Å². The third-order valence-corrected chi connectivity index (χ3v) is 3.63. The molecular formula is C19H15N3O. The van der Waals surface area contributed by atoms with Crippen molar-refractivity contribution in [1.29, 1.82) is 5.26 Å². The average Bonchev–Trinajstić information content (AvgIpc) is 2.62. The lowest BCUT2D eigenvalue weighted by Gasteiger charge is -2.10. The second-order valence-electron chi connectivity index (χ2n) is 5.02. The standard InChI is InChI=1S/C19H15N3O/c1-23-15-9-7-13(8-10-15)16-11-18(14-5-3-2-4-6-14)22-19(21)17(16)12-20/h2-11H,1H3,(H2,21,22).